The molecule has 0 N–H and O–H groups in total. The van der Waals surface area contributed by atoms with E-state index >= 15 is 0 Å². The van der Waals surface area contributed by atoms with E-state index in [0.29, 0.717) is 12.2 Å². The molecule has 0 aromatic carbocycles. The molecule has 144 valence electrons. The Labute approximate surface area is 154 Å². The van der Waals surface area contributed by atoms with Crippen LogP contribution in [0, 0.1) is 0 Å². The second-order valence-corrected chi connectivity index (χ2v) is 19.8. The predicted molar refractivity (Wildman–Crippen MR) is 114 cm³/mol. The molecule has 0 spiro atoms. The minimum Gasteiger partial charge on any atom is -0.414 e. The van der Waals surface area contributed by atoms with E-state index in [-0.39, 0.29) is 10.1 Å². The summed E-state index contributed by atoms with van der Waals surface area (Å²) in [6.45, 7) is 27.4. The maximum Gasteiger partial charge on any atom is 0.192 e. The van der Waals surface area contributed by atoms with E-state index < -0.39 is 16.6 Å². The van der Waals surface area contributed by atoms with Crippen molar-refractivity contribution in [1.82, 2.24) is 0 Å². The second kappa shape index (κ2) is 8.65. The van der Waals surface area contributed by atoms with E-state index in [0.717, 1.165) is 12.8 Å². The largest absolute Gasteiger partial charge is 0.414 e. The van der Waals surface area contributed by atoms with Crippen molar-refractivity contribution in [3.05, 3.63) is 12.2 Å². The van der Waals surface area contributed by atoms with Gasteiger partial charge >= 0.3 is 0 Å². The van der Waals surface area contributed by atoms with Crippen molar-refractivity contribution >= 4 is 16.6 Å². The first-order valence-corrected chi connectivity index (χ1v) is 15.3. The van der Waals surface area contributed by atoms with Crippen LogP contribution in [0.1, 0.15) is 68.2 Å². The Kier molecular flexibility index (Phi) is 8.69. The van der Waals surface area contributed by atoms with Crippen LogP contribution >= 0.6 is 0 Å². The average Bonchev–Trinajstić information content (AvgIpc) is 2.30. The highest BCUT2D eigenvalue weighted by molar-refractivity contribution is 6.74. The van der Waals surface area contributed by atoms with Crippen molar-refractivity contribution in [2.24, 2.45) is 0 Å². The summed E-state index contributed by atoms with van der Waals surface area (Å²) in [5, 5.41) is 0.549. The summed E-state index contributed by atoms with van der Waals surface area (Å²) in [4.78, 5) is 0. The first-order chi connectivity index (χ1) is 10.5. The van der Waals surface area contributed by atoms with Gasteiger partial charge in [-0.1, -0.05) is 53.7 Å². The van der Waals surface area contributed by atoms with Crippen LogP contribution in [0.4, 0.5) is 0 Å². The van der Waals surface area contributed by atoms with Gasteiger partial charge in [-0.3, -0.25) is 0 Å². The van der Waals surface area contributed by atoms with Gasteiger partial charge in [0.05, 0.1) is 0 Å². The molecule has 0 saturated carbocycles. The fraction of sp³-hybridized carbons (Fsp3) is 0.900. The third kappa shape index (κ3) is 7.98. The molecule has 2 atom stereocenters. The molecule has 0 amide bonds. The summed E-state index contributed by atoms with van der Waals surface area (Å²) in [7, 11) is -3.31. The zero-order valence-electron chi connectivity index (χ0n) is 18.5. The van der Waals surface area contributed by atoms with Crippen LogP contribution in [0.5, 0.6) is 0 Å². The Morgan fingerprint density at radius 1 is 0.667 bits per heavy atom. The van der Waals surface area contributed by atoms with Crippen LogP contribution in [0.3, 0.4) is 0 Å². The molecule has 0 bridgehead atoms. The van der Waals surface area contributed by atoms with Gasteiger partial charge in [-0.25, -0.2) is 0 Å². The molecular formula is C20H44O2Si2. The molecular weight excluding hydrogens is 328 g/mol. The number of rotatable bonds is 8. The van der Waals surface area contributed by atoms with E-state index in [4.69, 9.17) is 8.85 Å². The Bertz CT molecular complexity index is 363. The Morgan fingerprint density at radius 2 is 0.917 bits per heavy atom. The molecule has 0 aromatic rings. The standard InChI is InChI=1S/C20H44O2Si2/c1-17(21-23(9,10)19(3,4)5)15-13-14-16-18(2)22-24(11,12)20(6,7)8/h13-14,17-18H,15-16H2,1-12H3/t17-,18+. The predicted octanol–water partition coefficient (Wildman–Crippen LogP) is 7.14. The lowest BCUT2D eigenvalue weighted by molar-refractivity contribution is 0.198. The molecule has 2 nitrogen and oxygen atoms in total. The molecule has 0 aliphatic rings. The quantitative estimate of drug-likeness (QED) is 0.333. The molecule has 0 unspecified atom stereocenters. The maximum atomic E-state index is 6.40. The Hall–Kier alpha value is 0.0938. The van der Waals surface area contributed by atoms with Crippen molar-refractivity contribution in [2.75, 3.05) is 0 Å². The monoisotopic (exact) mass is 372 g/mol. The smallest absolute Gasteiger partial charge is 0.192 e. The second-order valence-electron chi connectivity index (χ2n) is 10.3. The lowest BCUT2D eigenvalue weighted by Crippen LogP contribution is -2.43. The van der Waals surface area contributed by atoms with Crippen LogP contribution < -0.4 is 0 Å². The third-order valence-electron chi connectivity index (χ3n) is 5.71. The molecule has 0 radical (unpaired) electrons. The zero-order valence-corrected chi connectivity index (χ0v) is 20.5. The highest BCUT2D eigenvalue weighted by atomic mass is 28.4. The molecule has 24 heavy (non-hydrogen) atoms. The summed E-state index contributed by atoms with van der Waals surface area (Å²) >= 11 is 0. The normalized spacial score (nSPS) is 17.3. The number of hydrogen-bond donors (Lipinski definition) is 0. The first kappa shape index (κ1) is 24.1. The molecule has 0 rings (SSSR count). The van der Waals surface area contributed by atoms with Crippen LogP contribution in [0.25, 0.3) is 0 Å². The van der Waals surface area contributed by atoms with Gasteiger partial charge < -0.3 is 8.85 Å². The molecule has 0 fully saturated rings. The van der Waals surface area contributed by atoms with Gasteiger partial charge in [-0.2, -0.15) is 0 Å². The Balaban J connectivity index is 4.35. The van der Waals surface area contributed by atoms with Gasteiger partial charge in [-0.15, -0.1) is 0 Å². The summed E-state index contributed by atoms with van der Waals surface area (Å²) in [5.74, 6) is 0. The van der Waals surface area contributed by atoms with Gasteiger partial charge in [-0.05, 0) is 63.0 Å². The van der Waals surface area contributed by atoms with Crippen LogP contribution in [0.15, 0.2) is 12.2 Å². The molecule has 0 aromatic heterocycles. The van der Waals surface area contributed by atoms with Gasteiger partial charge in [0, 0.05) is 12.2 Å². The van der Waals surface area contributed by atoms with Crippen molar-refractivity contribution in [1.29, 1.82) is 0 Å². The van der Waals surface area contributed by atoms with Crippen molar-refractivity contribution in [3.63, 3.8) is 0 Å². The third-order valence-corrected chi connectivity index (χ3v) is 14.9. The average molecular weight is 373 g/mol. The van der Waals surface area contributed by atoms with Gasteiger partial charge in [0.2, 0.25) is 0 Å². The molecule has 0 aliphatic carbocycles. The van der Waals surface area contributed by atoms with Crippen LogP contribution in [-0.4, -0.2) is 28.8 Å². The fourth-order valence-electron chi connectivity index (χ4n) is 2.03. The van der Waals surface area contributed by atoms with E-state index in [2.05, 4.69) is 93.7 Å². The lowest BCUT2D eigenvalue weighted by atomic mass is 10.2. The molecule has 0 saturated heterocycles. The zero-order chi connectivity index (χ0) is 19.4. The molecule has 0 aliphatic heterocycles. The van der Waals surface area contributed by atoms with E-state index in [1.807, 2.05) is 0 Å². The lowest BCUT2D eigenvalue weighted by Gasteiger charge is -2.38. The van der Waals surface area contributed by atoms with E-state index in [1.165, 1.54) is 0 Å². The summed E-state index contributed by atoms with van der Waals surface area (Å²) in [5.41, 5.74) is 0. The number of hydrogen-bond acceptors (Lipinski definition) is 2. The Morgan fingerprint density at radius 3 is 1.12 bits per heavy atom. The molecule has 0 heterocycles. The maximum absolute atomic E-state index is 6.40. The van der Waals surface area contributed by atoms with Crippen molar-refractivity contribution in [2.45, 2.75) is 117 Å². The van der Waals surface area contributed by atoms with Crippen molar-refractivity contribution < 1.29 is 8.85 Å². The van der Waals surface area contributed by atoms with E-state index in [1.54, 1.807) is 0 Å². The summed E-state index contributed by atoms with van der Waals surface area (Å²) in [6.07, 6.45) is 7.09. The topological polar surface area (TPSA) is 18.5 Å². The van der Waals surface area contributed by atoms with Gasteiger partial charge in [0.1, 0.15) is 0 Å². The minimum atomic E-state index is -1.66. The van der Waals surface area contributed by atoms with Gasteiger partial charge in [0.25, 0.3) is 0 Å². The van der Waals surface area contributed by atoms with Crippen LogP contribution in [-0.2, 0) is 8.85 Å². The first-order valence-electron chi connectivity index (χ1n) is 9.50. The minimum absolute atomic E-state index is 0.274. The van der Waals surface area contributed by atoms with Gasteiger partial charge in [0.15, 0.2) is 16.6 Å². The van der Waals surface area contributed by atoms with Crippen molar-refractivity contribution in [3.8, 4) is 0 Å². The van der Waals surface area contributed by atoms with Crippen LogP contribution in [0.2, 0.25) is 36.3 Å². The SMILES string of the molecule is C[C@H](CC=CC[C@H](C)O[Si](C)(C)C(C)(C)C)O[Si](C)(C)C(C)(C)C. The summed E-state index contributed by atoms with van der Waals surface area (Å²) < 4.78 is 12.8. The van der Waals surface area contributed by atoms with E-state index in [9.17, 15) is 0 Å². The highest BCUT2D eigenvalue weighted by Gasteiger charge is 2.39. The fourth-order valence-corrected chi connectivity index (χ4v) is 4.94. The summed E-state index contributed by atoms with van der Waals surface area (Å²) in [6, 6.07) is 0. The highest BCUT2D eigenvalue weighted by Crippen LogP contribution is 2.38. The molecule has 4 heteroatoms.